The van der Waals surface area contributed by atoms with Gasteiger partial charge in [-0.3, -0.25) is 4.79 Å². The molecule has 2 rings (SSSR count). The quantitative estimate of drug-likeness (QED) is 0.873. The van der Waals surface area contributed by atoms with Crippen molar-refractivity contribution in [1.29, 1.82) is 0 Å². The number of sulfone groups is 2. The number of carbonyl (C=O) groups is 1. The maximum Gasteiger partial charge on any atom is 0.255 e. The van der Waals surface area contributed by atoms with Crippen LogP contribution in [0.2, 0.25) is 0 Å². The van der Waals surface area contributed by atoms with Crippen LogP contribution in [0.4, 0.5) is 5.69 Å². The van der Waals surface area contributed by atoms with Crippen molar-refractivity contribution in [1.82, 2.24) is 0 Å². The zero-order chi connectivity index (χ0) is 18.0. The van der Waals surface area contributed by atoms with Gasteiger partial charge in [-0.15, -0.1) is 0 Å². The van der Waals surface area contributed by atoms with Crippen LogP contribution in [-0.2, 0) is 19.7 Å². The summed E-state index contributed by atoms with van der Waals surface area (Å²) in [6.07, 6.45) is 1.08. The highest BCUT2D eigenvalue weighted by Gasteiger charge is 2.13. The molecule has 0 aliphatic rings. The zero-order valence-corrected chi connectivity index (χ0v) is 14.8. The minimum absolute atomic E-state index is 0.0170. The Labute approximate surface area is 141 Å². The molecule has 0 spiro atoms. The fourth-order valence-corrected chi connectivity index (χ4v) is 3.54. The lowest BCUT2D eigenvalue weighted by Crippen LogP contribution is -2.13. The molecule has 1 amide bonds. The Kier molecular flexibility index (Phi) is 5.10. The van der Waals surface area contributed by atoms with Gasteiger partial charge in [0.1, 0.15) is 0 Å². The molecule has 24 heavy (non-hydrogen) atoms. The molecule has 128 valence electrons. The second-order valence-electron chi connectivity index (χ2n) is 5.18. The predicted molar refractivity (Wildman–Crippen MR) is 91.7 cm³/mol. The summed E-state index contributed by atoms with van der Waals surface area (Å²) in [5.41, 5.74) is 0.614. The van der Waals surface area contributed by atoms with Gasteiger partial charge in [-0.2, -0.15) is 0 Å². The van der Waals surface area contributed by atoms with Gasteiger partial charge in [0.25, 0.3) is 5.91 Å². The van der Waals surface area contributed by atoms with E-state index < -0.39 is 25.6 Å². The first-order valence-electron chi connectivity index (χ1n) is 7.08. The molecule has 0 aliphatic heterocycles. The lowest BCUT2D eigenvalue weighted by molar-refractivity contribution is 0.102. The first-order chi connectivity index (χ1) is 11.1. The summed E-state index contributed by atoms with van der Waals surface area (Å²) in [7, 11) is -6.69. The van der Waals surface area contributed by atoms with Crippen LogP contribution in [0.3, 0.4) is 0 Å². The van der Waals surface area contributed by atoms with Crippen molar-refractivity contribution in [3.05, 3.63) is 54.1 Å². The van der Waals surface area contributed by atoms with E-state index in [2.05, 4.69) is 5.32 Å². The summed E-state index contributed by atoms with van der Waals surface area (Å²) in [6, 6.07) is 11.5. The van der Waals surface area contributed by atoms with Crippen molar-refractivity contribution in [3.8, 4) is 0 Å². The van der Waals surface area contributed by atoms with E-state index in [1.54, 1.807) is 13.0 Å². The van der Waals surface area contributed by atoms with E-state index in [-0.39, 0.29) is 21.1 Å². The number of carbonyl (C=O) groups excluding carboxylic acids is 1. The van der Waals surface area contributed by atoms with E-state index in [0.29, 0.717) is 5.69 Å². The molecule has 2 aromatic carbocycles. The predicted octanol–water partition coefficient (Wildman–Crippen LogP) is 2.14. The number of hydrogen-bond acceptors (Lipinski definition) is 5. The lowest BCUT2D eigenvalue weighted by Gasteiger charge is -2.08. The minimum atomic E-state index is -3.37. The van der Waals surface area contributed by atoms with Crippen LogP contribution in [0.25, 0.3) is 0 Å². The maximum atomic E-state index is 12.2. The number of hydrogen-bond donors (Lipinski definition) is 1. The molecule has 0 bridgehead atoms. The molecule has 0 unspecified atom stereocenters. The smallest absolute Gasteiger partial charge is 0.255 e. The van der Waals surface area contributed by atoms with Crippen molar-refractivity contribution in [2.75, 3.05) is 17.3 Å². The van der Waals surface area contributed by atoms with E-state index in [9.17, 15) is 21.6 Å². The average molecular weight is 367 g/mol. The van der Waals surface area contributed by atoms with E-state index in [0.717, 1.165) is 6.26 Å². The van der Waals surface area contributed by atoms with Gasteiger partial charge < -0.3 is 5.32 Å². The molecule has 0 fully saturated rings. The number of anilines is 1. The Balaban J connectivity index is 2.22. The molecule has 0 radical (unpaired) electrons. The summed E-state index contributed by atoms with van der Waals surface area (Å²) in [5, 5.41) is 2.59. The number of nitrogens with one attached hydrogen (secondary N) is 1. The van der Waals surface area contributed by atoms with Crippen LogP contribution >= 0.6 is 0 Å². The molecule has 0 aromatic heterocycles. The molecular formula is C16H17NO5S2. The van der Waals surface area contributed by atoms with Gasteiger partial charge in [0, 0.05) is 17.5 Å². The second kappa shape index (κ2) is 6.74. The monoisotopic (exact) mass is 367 g/mol. The Morgan fingerprint density at radius 3 is 2.12 bits per heavy atom. The SMILES string of the molecule is CCS(=O)(=O)c1ccc(C(=O)Nc2cccc(S(C)(=O)=O)c2)cc1. The molecule has 0 saturated heterocycles. The Morgan fingerprint density at radius 2 is 1.58 bits per heavy atom. The summed E-state index contributed by atoms with van der Waals surface area (Å²) in [5.74, 6) is -0.474. The van der Waals surface area contributed by atoms with Gasteiger partial charge in [0.05, 0.1) is 15.5 Å². The standard InChI is InChI=1S/C16H17NO5S2/c1-3-24(21,22)14-9-7-12(8-10-14)16(18)17-13-5-4-6-15(11-13)23(2,19)20/h4-11H,3H2,1-2H3,(H,17,18). The third-order valence-electron chi connectivity index (χ3n) is 3.38. The first-order valence-corrected chi connectivity index (χ1v) is 10.6. The number of benzene rings is 2. The second-order valence-corrected chi connectivity index (χ2v) is 9.48. The number of amides is 1. The fourth-order valence-electron chi connectivity index (χ4n) is 1.99. The van der Waals surface area contributed by atoms with E-state index in [4.69, 9.17) is 0 Å². The summed E-state index contributed by atoms with van der Waals surface area (Å²) in [4.78, 5) is 12.5. The highest BCUT2D eigenvalue weighted by molar-refractivity contribution is 7.91. The van der Waals surface area contributed by atoms with Crippen LogP contribution in [0.1, 0.15) is 17.3 Å². The van der Waals surface area contributed by atoms with Crippen molar-refractivity contribution >= 4 is 31.3 Å². The molecule has 0 heterocycles. The molecule has 8 heteroatoms. The Morgan fingerprint density at radius 1 is 0.958 bits per heavy atom. The molecule has 0 aliphatic carbocycles. The third kappa shape index (κ3) is 4.21. The molecule has 0 atom stereocenters. The largest absolute Gasteiger partial charge is 0.322 e. The first kappa shape index (κ1) is 18.2. The van der Waals surface area contributed by atoms with Crippen molar-refractivity contribution < 1.29 is 21.6 Å². The zero-order valence-electron chi connectivity index (χ0n) is 13.2. The third-order valence-corrected chi connectivity index (χ3v) is 6.24. The maximum absolute atomic E-state index is 12.2. The summed E-state index contributed by atoms with van der Waals surface area (Å²) >= 11 is 0. The summed E-state index contributed by atoms with van der Waals surface area (Å²) < 4.78 is 46.6. The molecule has 0 saturated carbocycles. The molecule has 1 N–H and O–H groups in total. The minimum Gasteiger partial charge on any atom is -0.322 e. The summed E-state index contributed by atoms with van der Waals surface area (Å²) in [6.45, 7) is 1.55. The highest BCUT2D eigenvalue weighted by Crippen LogP contribution is 2.17. The topological polar surface area (TPSA) is 97.4 Å². The van der Waals surface area contributed by atoms with Crippen molar-refractivity contribution in [3.63, 3.8) is 0 Å². The van der Waals surface area contributed by atoms with Gasteiger partial charge in [0.2, 0.25) is 0 Å². The molecule has 2 aromatic rings. The Hall–Kier alpha value is -2.19. The van der Waals surface area contributed by atoms with Crippen LogP contribution in [-0.4, -0.2) is 34.8 Å². The van der Waals surface area contributed by atoms with Crippen LogP contribution in [0, 0.1) is 0 Å². The van der Waals surface area contributed by atoms with Crippen LogP contribution in [0.15, 0.2) is 58.3 Å². The fraction of sp³-hybridized carbons (Fsp3) is 0.188. The Bertz CT molecular complexity index is 962. The van der Waals surface area contributed by atoms with Gasteiger partial charge >= 0.3 is 0 Å². The molecular weight excluding hydrogens is 350 g/mol. The van der Waals surface area contributed by atoms with E-state index in [1.807, 2.05) is 0 Å². The van der Waals surface area contributed by atoms with Gasteiger partial charge in [-0.05, 0) is 42.5 Å². The van der Waals surface area contributed by atoms with Gasteiger partial charge in [-0.25, -0.2) is 16.8 Å². The van der Waals surface area contributed by atoms with E-state index >= 15 is 0 Å². The van der Waals surface area contributed by atoms with Gasteiger partial charge in [0.15, 0.2) is 19.7 Å². The molecule has 6 nitrogen and oxygen atoms in total. The van der Waals surface area contributed by atoms with Crippen molar-refractivity contribution in [2.24, 2.45) is 0 Å². The normalized spacial score (nSPS) is 11.9. The van der Waals surface area contributed by atoms with Gasteiger partial charge in [-0.1, -0.05) is 13.0 Å². The van der Waals surface area contributed by atoms with Crippen LogP contribution < -0.4 is 5.32 Å². The van der Waals surface area contributed by atoms with Crippen molar-refractivity contribution in [2.45, 2.75) is 16.7 Å². The highest BCUT2D eigenvalue weighted by atomic mass is 32.2. The average Bonchev–Trinajstić information content (AvgIpc) is 2.54. The lowest BCUT2D eigenvalue weighted by atomic mass is 10.2. The number of rotatable bonds is 5. The van der Waals surface area contributed by atoms with E-state index in [1.165, 1.54) is 42.5 Å². The van der Waals surface area contributed by atoms with Crippen LogP contribution in [0.5, 0.6) is 0 Å².